The Bertz CT molecular complexity index is 618. The van der Waals surface area contributed by atoms with Crippen LogP contribution in [0.25, 0.3) is 0 Å². The molecule has 2 aromatic heterocycles. The molecule has 1 amide bonds. The van der Waals surface area contributed by atoms with Crippen LogP contribution in [0, 0.1) is 0 Å². The molecule has 1 fully saturated rings. The number of furan rings is 1. The van der Waals surface area contributed by atoms with Crippen LogP contribution in [0.3, 0.4) is 0 Å². The second-order valence-corrected chi connectivity index (χ2v) is 6.68. The molecule has 1 saturated heterocycles. The number of likely N-dealkylation sites (tertiary alicyclic amines) is 1. The number of nitrogens with one attached hydrogen (secondary N) is 1. The Hall–Kier alpha value is -1.63. The van der Waals surface area contributed by atoms with E-state index >= 15 is 0 Å². The lowest BCUT2D eigenvalue weighted by atomic mass is 10.3. The molecule has 1 aliphatic rings. The van der Waals surface area contributed by atoms with Crippen molar-refractivity contribution >= 4 is 17.2 Å². The van der Waals surface area contributed by atoms with Gasteiger partial charge >= 0.3 is 0 Å². The second kappa shape index (κ2) is 7.77. The number of thiophene rings is 1. The molecule has 3 rings (SSSR count). The maximum atomic E-state index is 12.2. The zero-order chi connectivity index (χ0) is 16.1. The first-order valence-corrected chi connectivity index (χ1v) is 8.79. The number of methoxy groups -OCH3 is 1. The summed E-state index contributed by atoms with van der Waals surface area (Å²) >= 11 is 1.62. The van der Waals surface area contributed by atoms with Gasteiger partial charge in [0.2, 0.25) is 0 Å². The summed E-state index contributed by atoms with van der Waals surface area (Å²) in [6.45, 7) is 3.43. The van der Waals surface area contributed by atoms with Crippen LogP contribution in [0.4, 0.5) is 0 Å². The van der Waals surface area contributed by atoms with Crippen molar-refractivity contribution in [2.24, 2.45) is 0 Å². The Morgan fingerprint density at radius 3 is 2.91 bits per heavy atom. The predicted molar refractivity (Wildman–Crippen MR) is 89.6 cm³/mol. The normalized spacial score (nSPS) is 16.6. The minimum Gasteiger partial charge on any atom is -0.455 e. The van der Waals surface area contributed by atoms with E-state index in [0.29, 0.717) is 12.3 Å². The van der Waals surface area contributed by atoms with Crippen molar-refractivity contribution in [1.29, 1.82) is 0 Å². The van der Waals surface area contributed by atoms with E-state index in [1.165, 1.54) is 12.8 Å². The fraction of sp³-hybridized carbons (Fsp3) is 0.471. The third-order valence-corrected chi connectivity index (χ3v) is 5.02. The quantitative estimate of drug-likeness (QED) is 0.845. The summed E-state index contributed by atoms with van der Waals surface area (Å²) in [5, 5.41) is 4.88. The third kappa shape index (κ3) is 4.22. The van der Waals surface area contributed by atoms with Gasteiger partial charge < -0.3 is 14.5 Å². The van der Waals surface area contributed by atoms with Gasteiger partial charge in [0, 0.05) is 18.5 Å². The van der Waals surface area contributed by atoms with E-state index < -0.39 is 0 Å². The van der Waals surface area contributed by atoms with Crippen molar-refractivity contribution < 1.29 is 13.9 Å². The summed E-state index contributed by atoms with van der Waals surface area (Å²) in [4.78, 5) is 15.7. The van der Waals surface area contributed by atoms with E-state index in [0.717, 1.165) is 30.3 Å². The third-order valence-electron chi connectivity index (χ3n) is 4.06. The fourth-order valence-corrected chi connectivity index (χ4v) is 3.60. The zero-order valence-corrected chi connectivity index (χ0v) is 14.1. The maximum Gasteiger partial charge on any atom is 0.287 e. The highest BCUT2D eigenvalue weighted by atomic mass is 32.1. The van der Waals surface area contributed by atoms with Gasteiger partial charge in [0.1, 0.15) is 11.9 Å². The fourth-order valence-electron chi connectivity index (χ4n) is 2.79. The first-order chi connectivity index (χ1) is 11.3. The van der Waals surface area contributed by atoms with Crippen LogP contribution in [0.2, 0.25) is 0 Å². The molecule has 3 heterocycles. The highest BCUT2D eigenvalue weighted by Gasteiger charge is 2.18. The van der Waals surface area contributed by atoms with Crippen molar-refractivity contribution in [2.75, 3.05) is 26.7 Å². The molecule has 0 saturated carbocycles. The minimum absolute atomic E-state index is 0.127. The molecule has 5 nitrogen and oxygen atoms in total. The lowest BCUT2D eigenvalue weighted by molar-refractivity contribution is 0.0814. The molecule has 6 heteroatoms. The Balaban J connectivity index is 1.52. The van der Waals surface area contributed by atoms with Crippen LogP contribution in [0.15, 0.2) is 34.1 Å². The highest BCUT2D eigenvalue weighted by Crippen LogP contribution is 2.21. The maximum absolute atomic E-state index is 12.2. The molecule has 0 spiro atoms. The number of carbonyl (C=O) groups is 1. The lowest BCUT2D eigenvalue weighted by Gasteiger charge is -2.14. The van der Waals surface area contributed by atoms with Crippen molar-refractivity contribution in [2.45, 2.75) is 25.5 Å². The van der Waals surface area contributed by atoms with Crippen molar-refractivity contribution in [1.82, 2.24) is 10.2 Å². The van der Waals surface area contributed by atoms with Gasteiger partial charge in [-0.3, -0.25) is 9.69 Å². The van der Waals surface area contributed by atoms with Gasteiger partial charge in [-0.2, -0.15) is 0 Å². The Labute approximate surface area is 140 Å². The average molecular weight is 334 g/mol. The van der Waals surface area contributed by atoms with E-state index in [1.54, 1.807) is 24.5 Å². The van der Waals surface area contributed by atoms with Gasteiger partial charge in [0.15, 0.2) is 5.76 Å². The summed E-state index contributed by atoms with van der Waals surface area (Å²) < 4.78 is 11.1. The summed E-state index contributed by atoms with van der Waals surface area (Å²) in [7, 11) is 1.65. The van der Waals surface area contributed by atoms with Gasteiger partial charge in [-0.25, -0.2) is 0 Å². The van der Waals surface area contributed by atoms with E-state index in [-0.39, 0.29) is 12.0 Å². The zero-order valence-electron chi connectivity index (χ0n) is 13.3. The van der Waals surface area contributed by atoms with Gasteiger partial charge in [-0.15, -0.1) is 11.3 Å². The molecule has 1 atom stereocenters. The number of rotatable bonds is 7. The van der Waals surface area contributed by atoms with Crippen LogP contribution in [-0.2, 0) is 11.3 Å². The average Bonchev–Trinajstić information content (AvgIpc) is 3.30. The van der Waals surface area contributed by atoms with Crippen LogP contribution in [0.1, 0.15) is 40.1 Å². The molecule has 0 aliphatic carbocycles. The lowest BCUT2D eigenvalue weighted by Crippen LogP contribution is -2.28. The Kier molecular flexibility index (Phi) is 5.48. The predicted octanol–water partition coefficient (Wildman–Crippen LogP) is 3.05. The van der Waals surface area contributed by atoms with Gasteiger partial charge in [0.25, 0.3) is 5.91 Å². The number of amides is 1. The van der Waals surface area contributed by atoms with Gasteiger partial charge in [-0.1, -0.05) is 6.07 Å². The molecule has 0 bridgehead atoms. The SMILES string of the molecule is COC(CNC(=O)c1ccc(CN2CCCC2)o1)c1cccs1. The van der Waals surface area contributed by atoms with E-state index in [4.69, 9.17) is 9.15 Å². The minimum atomic E-state index is -0.198. The summed E-state index contributed by atoms with van der Waals surface area (Å²) in [6, 6.07) is 7.62. The number of ether oxygens (including phenoxy) is 1. The largest absolute Gasteiger partial charge is 0.455 e. The van der Waals surface area contributed by atoms with Crippen molar-refractivity contribution in [3.63, 3.8) is 0 Å². The van der Waals surface area contributed by atoms with Gasteiger partial charge in [0.05, 0.1) is 6.54 Å². The first kappa shape index (κ1) is 16.2. The highest BCUT2D eigenvalue weighted by molar-refractivity contribution is 7.10. The monoisotopic (exact) mass is 334 g/mol. The molecule has 0 radical (unpaired) electrons. The molecule has 0 aromatic carbocycles. The van der Waals surface area contributed by atoms with E-state index in [9.17, 15) is 4.79 Å². The van der Waals surface area contributed by atoms with Crippen LogP contribution < -0.4 is 5.32 Å². The van der Waals surface area contributed by atoms with E-state index in [2.05, 4.69) is 10.2 Å². The van der Waals surface area contributed by atoms with Crippen LogP contribution in [0.5, 0.6) is 0 Å². The molecule has 1 N–H and O–H groups in total. The second-order valence-electron chi connectivity index (χ2n) is 5.70. The van der Waals surface area contributed by atoms with Crippen molar-refractivity contribution in [3.8, 4) is 0 Å². The molecule has 1 unspecified atom stereocenters. The molecule has 23 heavy (non-hydrogen) atoms. The van der Waals surface area contributed by atoms with Crippen molar-refractivity contribution in [3.05, 3.63) is 46.0 Å². The standard InChI is InChI=1S/C17H22N2O3S/c1-21-15(16-5-4-10-23-16)11-18-17(20)14-7-6-13(22-14)12-19-8-2-3-9-19/h4-7,10,15H,2-3,8-9,11-12H2,1H3,(H,18,20). The van der Waals surface area contributed by atoms with Crippen LogP contribution >= 0.6 is 11.3 Å². The molecular formula is C17H22N2O3S. The summed E-state index contributed by atoms with van der Waals surface area (Å²) in [5.74, 6) is 1.01. The topological polar surface area (TPSA) is 54.7 Å². The number of nitrogens with zero attached hydrogens (tertiary/aromatic N) is 1. The summed E-state index contributed by atoms with van der Waals surface area (Å²) in [6.07, 6.45) is 2.36. The van der Waals surface area contributed by atoms with Gasteiger partial charge in [-0.05, 0) is 49.5 Å². The van der Waals surface area contributed by atoms with Crippen LogP contribution in [-0.4, -0.2) is 37.6 Å². The molecule has 124 valence electrons. The molecule has 2 aromatic rings. The summed E-state index contributed by atoms with van der Waals surface area (Å²) in [5.41, 5.74) is 0. The first-order valence-electron chi connectivity index (χ1n) is 7.91. The molecular weight excluding hydrogens is 312 g/mol. The van der Waals surface area contributed by atoms with E-state index in [1.807, 2.05) is 23.6 Å². The number of hydrogen-bond acceptors (Lipinski definition) is 5. The molecule has 1 aliphatic heterocycles. The number of carbonyl (C=O) groups excluding carboxylic acids is 1. The Morgan fingerprint density at radius 2 is 2.22 bits per heavy atom. The Morgan fingerprint density at radius 1 is 1.39 bits per heavy atom. The smallest absolute Gasteiger partial charge is 0.287 e. The number of hydrogen-bond donors (Lipinski definition) is 1.